The maximum absolute atomic E-state index is 12.9. The molecule has 0 spiro atoms. The zero-order valence-electron chi connectivity index (χ0n) is 16.9. The first kappa shape index (κ1) is 21.8. The number of Topliss-reactive ketones (excluding diaryl/α,β-unsaturated/α-hetero) is 1. The molecule has 10 heteroatoms. The molecule has 1 aliphatic rings. The van der Waals surface area contributed by atoms with Gasteiger partial charge < -0.3 is 45.6 Å². The molecule has 172 valence electrons. The van der Waals surface area contributed by atoms with E-state index in [1.54, 1.807) is 0 Å². The van der Waals surface area contributed by atoms with Gasteiger partial charge in [-0.1, -0.05) is 0 Å². The molecule has 0 bridgehead atoms. The first-order chi connectivity index (χ1) is 15.5. The number of benzene rings is 3. The molecule has 3 aromatic rings. The summed E-state index contributed by atoms with van der Waals surface area (Å²) < 4.78 is 5.93. The molecule has 8 N–H and O–H groups in total. The molecule has 0 aromatic heterocycles. The van der Waals surface area contributed by atoms with E-state index in [-0.39, 0.29) is 41.2 Å². The molecular weight excluding hydrogens is 436 g/mol. The maximum atomic E-state index is 12.9. The Morgan fingerprint density at radius 2 is 1.30 bits per heavy atom. The third kappa shape index (κ3) is 3.93. The van der Waals surface area contributed by atoms with Gasteiger partial charge in [0, 0.05) is 41.2 Å². The van der Waals surface area contributed by atoms with Gasteiger partial charge in [0.15, 0.2) is 40.3 Å². The highest BCUT2D eigenvalue weighted by atomic mass is 16.5. The van der Waals surface area contributed by atoms with E-state index in [0.717, 1.165) is 30.3 Å². The monoisotopic (exact) mass is 456 g/mol. The second-order valence-corrected chi connectivity index (χ2v) is 7.84. The van der Waals surface area contributed by atoms with Crippen LogP contribution >= 0.6 is 0 Å². The Labute approximate surface area is 186 Å². The van der Waals surface area contributed by atoms with Crippen molar-refractivity contribution in [2.75, 3.05) is 0 Å². The summed E-state index contributed by atoms with van der Waals surface area (Å²) in [5, 5.41) is 78.6. The zero-order chi connectivity index (χ0) is 24.0. The SMILES string of the molecule is O=C(C[C@@H]1Cc2c(O)cc(O)cc2OC1c1cc(O)c(O)c(O)c1)c1cc(O)c(O)c(O)c1. The van der Waals surface area contributed by atoms with Gasteiger partial charge >= 0.3 is 0 Å². The lowest BCUT2D eigenvalue weighted by molar-refractivity contribution is 0.0796. The summed E-state index contributed by atoms with van der Waals surface area (Å²) in [7, 11) is 0. The fourth-order valence-corrected chi connectivity index (χ4v) is 3.96. The summed E-state index contributed by atoms with van der Waals surface area (Å²) in [4.78, 5) is 12.9. The summed E-state index contributed by atoms with van der Waals surface area (Å²) in [6, 6.07) is 6.70. The first-order valence-corrected chi connectivity index (χ1v) is 9.79. The van der Waals surface area contributed by atoms with Gasteiger partial charge in [-0.15, -0.1) is 0 Å². The number of carbonyl (C=O) groups is 1. The number of fused-ring (bicyclic) bond motifs is 1. The van der Waals surface area contributed by atoms with E-state index in [1.165, 1.54) is 6.07 Å². The van der Waals surface area contributed by atoms with Gasteiger partial charge in [-0.3, -0.25) is 4.79 Å². The summed E-state index contributed by atoms with van der Waals surface area (Å²) in [6.07, 6.45) is -1.09. The Kier molecular flexibility index (Phi) is 5.21. The average molecular weight is 456 g/mol. The molecule has 1 heterocycles. The zero-order valence-corrected chi connectivity index (χ0v) is 16.9. The van der Waals surface area contributed by atoms with Gasteiger partial charge in [0.05, 0.1) is 0 Å². The second-order valence-electron chi connectivity index (χ2n) is 7.84. The molecule has 0 aliphatic carbocycles. The van der Waals surface area contributed by atoms with Crippen LogP contribution in [0.25, 0.3) is 0 Å². The lowest BCUT2D eigenvalue weighted by Gasteiger charge is -2.34. The smallest absolute Gasteiger partial charge is 0.200 e. The van der Waals surface area contributed by atoms with Crippen molar-refractivity contribution in [2.45, 2.75) is 18.9 Å². The number of hydrogen-bond donors (Lipinski definition) is 8. The first-order valence-electron chi connectivity index (χ1n) is 9.79. The highest BCUT2D eigenvalue weighted by Crippen LogP contribution is 2.48. The van der Waals surface area contributed by atoms with E-state index >= 15 is 0 Å². The third-order valence-electron chi connectivity index (χ3n) is 5.58. The Morgan fingerprint density at radius 1 is 0.758 bits per heavy atom. The number of ether oxygens (including phenoxy) is 1. The number of phenolic OH excluding ortho intramolecular Hbond substituents is 8. The molecule has 2 atom stereocenters. The summed E-state index contributed by atoms with van der Waals surface area (Å²) in [6.45, 7) is 0. The molecule has 0 saturated heterocycles. The van der Waals surface area contributed by atoms with Crippen LogP contribution in [-0.4, -0.2) is 46.6 Å². The molecule has 0 radical (unpaired) electrons. The van der Waals surface area contributed by atoms with Gasteiger partial charge in [0.2, 0.25) is 0 Å². The van der Waals surface area contributed by atoms with Crippen molar-refractivity contribution in [2.24, 2.45) is 5.92 Å². The second kappa shape index (κ2) is 7.90. The van der Waals surface area contributed by atoms with Crippen LogP contribution in [0.2, 0.25) is 0 Å². The average Bonchev–Trinajstić information content (AvgIpc) is 2.75. The molecule has 0 fully saturated rings. The fraction of sp³-hybridized carbons (Fsp3) is 0.174. The van der Waals surface area contributed by atoms with Crippen LogP contribution in [0.1, 0.15) is 34.0 Å². The quantitative estimate of drug-likeness (QED) is 0.214. The van der Waals surface area contributed by atoms with Gasteiger partial charge in [0.1, 0.15) is 23.4 Å². The van der Waals surface area contributed by atoms with Gasteiger partial charge in [-0.25, -0.2) is 0 Å². The molecule has 3 aromatic carbocycles. The van der Waals surface area contributed by atoms with Crippen molar-refractivity contribution in [3.8, 4) is 51.7 Å². The van der Waals surface area contributed by atoms with Crippen molar-refractivity contribution < 1.29 is 50.4 Å². The number of phenols is 8. The largest absolute Gasteiger partial charge is 0.508 e. The molecule has 1 aliphatic heterocycles. The Bertz CT molecular complexity index is 1220. The summed E-state index contributed by atoms with van der Waals surface area (Å²) >= 11 is 0. The highest BCUT2D eigenvalue weighted by molar-refractivity contribution is 5.97. The number of rotatable bonds is 4. The van der Waals surface area contributed by atoms with E-state index in [4.69, 9.17) is 4.74 Å². The Balaban J connectivity index is 1.75. The van der Waals surface area contributed by atoms with Crippen molar-refractivity contribution in [3.63, 3.8) is 0 Å². The fourth-order valence-electron chi connectivity index (χ4n) is 3.96. The Morgan fingerprint density at radius 3 is 1.88 bits per heavy atom. The van der Waals surface area contributed by atoms with E-state index in [0.29, 0.717) is 5.56 Å². The molecule has 10 nitrogen and oxygen atoms in total. The standard InChI is InChI=1S/C23H20O10/c24-12-7-15(26)13-1-10(4-14(25)9-2-16(27)21(31)17(28)3-9)23(33-20(13)8-12)11-5-18(29)22(32)19(30)6-11/h2-3,5-8,10,23-24,26-32H,1,4H2/t10-,23?/m0/s1. The van der Waals surface area contributed by atoms with Crippen molar-refractivity contribution in [1.82, 2.24) is 0 Å². The van der Waals surface area contributed by atoms with Crippen LogP contribution in [0.15, 0.2) is 36.4 Å². The molecule has 0 saturated carbocycles. The van der Waals surface area contributed by atoms with Crippen molar-refractivity contribution >= 4 is 5.78 Å². The molecule has 4 rings (SSSR count). The number of aromatic hydroxyl groups is 8. The third-order valence-corrected chi connectivity index (χ3v) is 5.58. The normalized spacial score (nSPS) is 17.2. The summed E-state index contributed by atoms with van der Waals surface area (Å²) in [5.74, 6) is -5.67. The van der Waals surface area contributed by atoms with Crippen LogP contribution in [0.5, 0.6) is 51.7 Å². The van der Waals surface area contributed by atoms with Crippen LogP contribution < -0.4 is 4.74 Å². The topological polar surface area (TPSA) is 188 Å². The predicted molar refractivity (Wildman–Crippen MR) is 112 cm³/mol. The minimum absolute atomic E-state index is 0.0846. The van der Waals surface area contributed by atoms with Crippen LogP contribution in [0, 0.1) is 5.92 Å². The van der Waals surface area contributed by atoms with Gasteiger partial charge in [-0.2, -0.15) is 0 Å². The van der Waals surface area contributed by atoms with Gasteiger partial charge in [0.25, 0.3) is 0 Å². The minimum atomic E-state index is -0.959. The van der Waals surface area contributed by atoms with E-state index in [9.17, 15) is 45.6 Å². The van der Waals surface area contributed by atoms with E-state index < -0.39 is 52.3 Å². The lowest BCUT2D eigenvalue weighted by Crippen LogP contribution is -2.28. The van der Waals surface area contributed by atoms with Crippen LogP contribution in [-0.2, 0) is 6.42 Å². The highest BCUT2D eigenvalue weighted by Gasteiger charge is 2.36. The Hall–Kier alpha value is -4.47. The minimum Gasteiger partial charge on any atom is -0.508 e. The molecule has 33 heavy (non-hydrogen) atoms. The number of carbonyl (C=O) groups excluding carboxylic acids is 1. The summed E-state index contributed by atoms with van der Waals surface area (Å²) in [5.41, 5.74) is 0.453. The molecule has 1 unspecified atom stereocenters. The maximum Gasteiger partial charge on any atom is 0.200 e. The molecule has 0 amide bonds. The van der Waals surface area contributed by atoms with Gasteiger partial charge in [-0.05, 0) is 30.7 Å². The number of ketones is 1. The van der Waals surface area contributed by atoms with Crippen molar-refractivity contribution in [3.05, 3.63) is 53.1 Å². The molecular formula is C23H20O10. The van der Waals surface area contributed by atoms with Crippen LogP contribution in [0.4, 0.5) is 0 Å². The lowest BCUT2D eigenvalue weighted by atomic mass is 9.82. The van der Waals surface area contributed by atoms with E-state index in [1.807, 2.05) is 0 Å². The van der Waals surface area contributed by atoms with E-state index in [2.05, 4.69) is 0 Å². The number of hydrogen-bond acceptors (Lipinski definition) is 10. The predicted octanol–water partition coefficient (Wildman–Crippen LogP) is 2.90. The van der Waals surface area contributed by atoms with Crippen molar-refractivity contribution in [1.29, 1.82) is 0 Å². The van der Waals surface area contributed by atoms with Crippen LogP contribution in [0.3, 0.4) is 0 Å².